The van der Waals surface area contributed by atoms with E-state index in [0.29, 0.717) is 5.92 Å². The van der Waals surface area contributed by atoms with Gasteiger partial charge < -0.3 is 9.72 Å². The Labute approximate surface area is 103 Å². The molecule has 0 radical (unpaired) electrons. The Bertz CT molecular complexity index is 500. The molecule has 0 spiro atoms. The average Bonchev–Trinajstić information content (AvgIpc) is 2.73. The van der Waals surface area contributed by atoms with Crippen LogP contribution in [-0.4, -0.2) is 22.5 Å². The van der Waals surface area contributed by atoms with Gasteiger partial charge in [0.25, 0.3) is 0 Å². The van der Waals surface area contributed by atoms with Crippen LogP contribution in [0.1, 0.15) is 24.6 Å². The number of aromatic nitrogens is 2. The van der Waals surface area contributed by atoms with Crippen LogP contribution in [-0.2, 0) is 0 Å². The molecule has 1 fully saturated rings. The van der Waals surface area contributed by atoms with Gasteiger partial charge in [-0.25, -0.2) is 4.98 Å². The van der Waals surface area contributed by atoms with Gasteiger partial charge in [0.15, 0.2) is 0 Å². The fraction of sp³-hybridized carbons (Fsp3) is 0.417. The second-order valence-electron chi connectivity index (χ2n) is 4.28. The number of rotatable bonds is 1. The molecule has 0 bridgehead atoms. The van der Waals surface area contributed by atoms with E-state index >= 15 is 0 Å². The predicted octanol–water partition coefficient (Wildman–Crippen LogP) is 2.56. The zero-order valence-corrected chi connectivity index (χ0v) is 10.6. The van der Waals surface area contributed by atoms with E-state index in [9.17, 15) is 0 Å². The van der Waals surface area contributed by atoms with Gasteiger partial charge in [0, 0.05) is 16.6 Å². The SMILES string of the molecule is Brc1ccc2cnc(C3CCNCC3)n2c1. The Kier molecular flexibility index (Phi) is 2.69. The van der Waals surface area contributed by atoms with E-state index in [1.165, 1.54) is 24.2 Å². The molecule has 1 aliphatic rings. The first-order chi connectivity index (χ1) is 7.84. The summed E-state index contributed by atoms with van der Waals surface area (Å²) in [4.78, 5) is 4.57. The van der Waals surface area contributed by atoms with Crippen molar-refractivity contribution in [3.05, 3.63) is 34.8 Å². The first-order valence-corrected chi connectivity index (χ1v) is 6.47. The molecule has 1 aliphatic heterocycles. The fourth-order valence-corrected chi connectivity index (χ4v) is 2.70. The van der Waals surface area contributed by atoms with Crippen molar-refractivity contribution in [1.82, 2.24) is 14.7 Å². The largest absolute Gasteiger partial charge is 0.317 e. The van der Waals surface area contributed by atoms with E-state index in [-0.39, 0.29) is 0 Å². The van der Waals surface area contributed by atoms with Crippen LogP contribution >= 0.6 is 15.9 Å². The highest BCUT2D eigenvalue weighted by Crippen LogP contribution is 2.25. The third kappa shape index (κ3) is 1.76. The summed E-state index contributed by atoms with van der Waals surface area (Å²) in [5.74, 6) is 1.80. The summed E-state index contributed by atoms with van der Waals surface area (Å²) in [5, 5.41) is 3.39. The van der Waals surface area contributed by atoms with Gasteiger partial charge in [-0.15, -0.1) is 0 Å². The first-order valence-electron chi connectivity index (χ1n) is 5.68. The number of hydrogen-bond acceptors (Lipinski definition) is 2. The standard InChI is InChI=1S/C12H14BrN3/c13-10-1-2-11-7-15-12(16(11)8-10)9-3-5-14-6-4-9/h1-2,7-9,14H,3-6H2. The minimum Gasteiger partial charge on any atom is -0.317 e. The van der Waals surface area contributed by atoms with E-state index in [4.69, 9.17) is 0 Å². The molecule has 0 saturated carbocycles. The smallest absolute Gasteiger partial charge is 0.116 e. The summed E-state index contributed by atoms with van der Waals surface area (Å²) in [6.45, 7) is 2.21. The second kappa shape index (κ2) is 4.18. The van der Waals surface area contributed by atoms with Crippen LogP contribution in [0.2, 0.25) is 0 Å². The van der Waals surface area contributed by atoms with Crippen LogP contribution < -0.4 is 5.32 Å². The van der Waals surface area contributed by atoms with E-state index in [2.05, 4.69) is 49.0 Å². The third-order valence-electron chi connectivity index (χ3n) is 3.22. The van der Waals surface area contributed by atoms with E-state index < -0.39 is 0 Å². The monoisotopic (exact) mass is 279 g/mol. The predicted molar refractivity (Wildman–Crippen MR) is 67.7 cm³/mol. The molecule has 0 aromatic carbocycles. The quantitative estimate of drug-likeness (QED) is 0.870. The Morgan fingerprint density at radius 2 is 2.12 bits per heavy atom. The van der Waals surface area contributed by atoms with Gasteiger partial charge in [-0.3, -0.25) is 0 Å². The summed E-state index contributed by atoms with van der Waals surface area (Å²) in [6.07, 6.45) is 6.45. The Hall–Kier alpha value is -0.870. The van der Waals surface area contributed by atoms with Crippen LogP contribution in [0.4, 0.5) is 0 Å². The maximum atomic E-state index is 4.57. The highest BCUT2D eigenvalue weighted by atomic mass is 79.9. The first kappa shape index (κ1) is 10.3. The number of nitrogens with zero attached hydrogens (tertiary/aromatic N) is 2. The summed E-state index contributed by atoms with van der Waals surface area (Å²) >= 11 is 3.51. The van der Waals surface area contributed by atoms with Crippen LogP contribution in [0.15, 0.2) is 29.0 Å². The van der Waals surface area contributed by atoms with Crippen molar-refractivity contribution < 1.29 is 0 Å². The maximum Gasteiger partial charge on any atom is 0.116 e. The van der Waals surface area contributed by atoms with Gasteiger partial charge in [-0.1, -0.05) is 0 Å². The molecule has 0 amide bonds. The molecule has 84 valence electrons. The zero-order chi connectivity index (χ0) is 11.0. The van der Waals surface area contributed by atoms with E-state index in [0.717, 1.165) is 17.6 Å². The highest BCUT2D eigenvalue weighted by Gasteiger charge is 2.19. The lowest BCUT2D eigenvalue weighted by Crippen LogP contribution is -2.27. The van der Waals surface area contributed by atoms with Gasteiger partial charge in [-0.05, 0) is 54.0 Å². The molecule has 3 rings (SSSR count). The Morgan fingerprint density at radius 1 is 1.31 bits per heavy atom. The molecule has 1 saturated heterocycles. The van der Waals surface area contributed by atoms with Crippen LogP contribution in [0, 0.1) is 0 Å². The molecule has 2 aromatic rings. The molecule has 4 heteroatoms. The minimum atomic E-state index is 0.595. The lowest BCUT2D eigenvalue weighted by molar-refractivity contribution is 0.444. The molecule has 0 aliphatic carbocycles. The van der Waals surface area contributed by atoms with Gasteiger partial charge in [0.2, 0.25) is 0 Å². The van der Waals surface area contributed by atoms with Crippen molar-refractivity contribution in [2.45, 2.75) is 18.8 Å². The number of halogens is 1. The second-order valence-corrected chi connectivity index (χ2v) is 5.20. The zero-order valence-electron chi connectivity index (χ0n) is 8.99. The van der Waals surface area contributed by atoms with Crippen LogP contribution in [0.3, 0.4) is 0 Å². The molecule has 3 heterocycles. The maximum absolute atomic E-state index is 4.57. The van der Waals surface area contributed by atoms with Gasteiger partial charge in [0.05, 0.1) is 11.7 Å². The summed E-state index contributed by atoms with van der Waals surface area (Å²) in [6, 6.07) is 4.16. The van der Waals surface area contributed by atoms with E-state index in [1.54, 1.807) is 0 Å². The Balaban J connectivity index is 2.05. The fourth-order valence-electron chi connectivity index (χ4n) is 2.37. The molecule has 0 unspecified atom stereocenters. The van der Waals surface area contributed by atoms with Crippen LogP contribution in [0.25, 0.3) is 5.52 Å². The number of nitrogens with one attached hydrogen (secondary N) is 1. The Morgan fingerprint density at radius 3 is 2.94 bits per heavy atom. The normalized spacial score (nSPS) is 18.1. The van der Waals surface area contributed by atoms with Gasteiger partial charge >= 0.3 is 0 Å². The minimum absolute atomic E-state index is 0.595. The molecular weight excluding hydrogens is 266 g/mol. The summed E-state index contributed by atoms with van der Waals surface area (Å²) < 4.78 is 3.31. The van der Waals surface area contributed by atoms with E-state index in [1.807, 2.05) is 6.20 Å². The number of fused-ring (bicyclic) bond motifs is 1. The number of piperidine rings is 1. The lowest BCUT2D eigenvalue weighted by Gasteiger charge is -2.21. The number of pyridine rings is 1. The lowest BCUT2D eigenvalue weighted by atomic mass is 9.97. The van der Waals surface area contributed by atoms with Crippen molar-refractivity contribution in [1.29, 1.82) is 0 Å². The van der Waals surface area contributed by atoms with Crippen molar-refractivity contribution in [2.75, 3.05) is 13.1 Å². The topological polar surface area (TPSA) is 29.3 Å². The molecule has 3 nitrogen and oxygen atoms in total. The molecular formula is C12H14BrN3. The van der Waals surface area contributed by atoms with Crippen molar-refractivity contribution in [2.24, 2.45) is 0 Å². The molecule has 16 heavy (non-hydrogen) atoms. The summed E-state index contributed by atoms with van der Waals surface area (Å²) in [5.41, 5.74) is 1.18. The third-order valence-corrected chi connectivity index (χ3v) is 3.69. The number of imidazole rings is 1. The van der Waals surface area contributed by atoms with Crippen LogP contribution in [0.5, 0.6) is 0 Å². The summed E-state index contributed by atoms with van der Waals surface area (Å²) in [7, 11) is 0. The van der Waals surface area contributed by atoms with Gasteiger partial charge in [-0.2, -0.15) is 0 Å². The molecule has 2 aromatic heterocycles. The van der Waals surface area contributed by atoms with Crippen molar-refractivity contribution >= 4 is 21.4 Å². The average molecular weight is 280 g/mol. The van der Waals surface area contributed by atoms with Gasteiger partial charge in [0.1, 0.15) is 5.82 Å². The molecule has 0 atom stereocenters. The highest BCUT2D eigenvalue weighted by molar-refractivity contribution is 9.10. The van der Waals surface area contributed by atoms with Crippen molar-refractivity contribution in [3.63, 3.8) is 0 Å². The molecule has 1 N–H and O–H groups in total. The number of hydrogen-bond donors (Lipinski definition) is 1. The van der Waals surface area contributed by atoms with Crippen molar-refractivity contribution in [3.8, 4) is 0 Å².